The Kier molecular flexibility index (Phi) is 7.30. The van der Waals surface area contributed by atoms with Crippen LogP contribution in [-0.2, 0) is 16.0 Å². The van der Waals surface area contributed by atoms with Crippen LogP contribution < -0.4 is 5.32 Å². The van der Waals surface area contributed by atoms with Crippen molar-refractivity contribution in [3.05, 3.63) is 88.2 Å². The quantitative estimate of drug-likeness (QED) is 0.472. The number of benzene rings is 2. The maximum atomic E-state index is 12.4. The van der Waals surface area contributed by atoms with E-state index in [2.05, 4.69) is 38.4 Å². The molecule has 1 amide bonds. The number of amides is 1. The molecule has 1 aliphatic carbocycles. The Balaban J connectivity index is 0.00000272. The van der Waals surface area contributed by atoms with Crippen LogP contribution in [0.5, 0.6) is 0 Å². The number of carboxylic acid groups (broad SMARTS) is 1. The van der Waals surface area contributed by atoms with E-state index in [1.54, 1.807) is 18.3 Å². The van der Waals surface area contributed by atoms with E-state index in [4.69, 9.17) is 4.74 Å². The van der Waals surface area contributed by atoms with Gasteiger partial charge in [-0.3, -0.25) is 0 Å². The molecule has 0 saturated heterocycles. The van der Waals surface area contributed by atoms with Gasteiger partial charge in [-0.15, -0.1) is 12.4 Å². The molecule has 0 aliphatic heterocycles. The van der Waals surface area contributed by atoms with E-state index in [-0.39, 0.29) is 31.4 Å². The second-order valence-corrected chi connectivity index (χ2v) is 7.87. The lowest BCUT2D eigenvalue weighted by Gasteiger charge is -2.17. The van der Waals surface area contributed by atoms with Crippen molar-refractivity contribution in [1.29, 1.82) is 0 Å². The molecule has 1 aliphatic rings. The van der Waals surface area contributed by atoms with Gasteiger partial charge < -0.3 is 15.2 Å². The van der Waals surface area contributed by atoms with Crippen LogP contribution in [0.2, 0.25) is 0 Å². The van der Waals surface area contributed by atoms with Gasteiger partial charge in [0, 0.05) is 18.5 Å². The first-order valence-corrected chi connectivity index (χ1v) is 10.3. The average Bonchev–Trinajstić information content (AvgIpc) is 3.07. The Morgan fingerprint density at radius 2 is 1.65 bits per heavy atom. The van der Waals surface area contributed by atoms with Crippen molar-refractivity contribution in [2.75, 3.05) is 6.61 Å². The van der Waals surface area contributed by atoms with E-state index in [1.807, 2.05) is 36.4 Å². The van der Waals surface area contributed by atoms with Crippen LogP contribution in [0.1, 0.15) is 22.6 Å². The van der Waals surface area contributed by atoms with Gasteiger partial charge in [0.2, 0.25) is 0 Å². The molecule has 160 valence electrons. The third-order valence-corrected chi connectivity index (χ3v) is 5.63. The zero-order valence-corrected chi connectivity index (χ0v) is 18.7. The summed E-state index contributed by atoms with van der Waals surface area (Å²) in [6.45, 7) is 0.131. The molecule has 1 aromatic heterocycles. The molecule has 0 radical (unpaired) electrons. The van der Waals surface area contributed by atoms with E-state index in [0.717, 1.165) is 22.3 Å². The normalized spacial score (nSPS) is 12.8. The summed E-state index contributed by atoms with van der Waals surface area (Å²) in [4.78, 5) is 28.0. The van der Waals surface area contributed by atoms with Crippen molar-refractivity contribution >= 4 is 40.4 Å². The van der Waals surface area contributed by atoms with Gasteiger partial charge in [0.05, 0.1) is 0 Å². The standard InChI is InChI=1S/C23H19BrN2O4.ClH/c24-21-10-9-14(12-25-21)11-20(22(27)28)26-23(29)30-13-19-17-7-3-1-5-15(17)16-6-2-4-8-18(16)19;/h1-10,12,19-20H,11,13H2,(H,26,29)(H,27,28);1H. The van der Waals surface area contributed by atoms with Gasteiger partial charge in [-0.1, -0.05) is 54.6 Å². The van der Waals surface area contributed by atoms with Crippen LogP contribution in [0.15, 0.2) is 71.5 Å². The molecule has 3 aromatic rings. The SMILES string of the molecule is Cl.O=C(NC(Cc1ccc(Br)nc1)C(=O)O)OCC1c2ccccc2-c2ccccc21. The maximum absolute atomic E-state index is 12.4. The van der Waals surface area contributed by atoms with Crippen molar-refractivity contribution in [2.24, 2.45) is 0 Å². The summed E-state index contributed by atoms with van der Waals surface area (Å²) >= 11 is 3.24. The third kappa shape index (κ3) is 5.06. The van der Waals surface area contributed by atoms with E-state index < -0.39 is 18.1 Å². The predicted octanol–water partition coefficient (Wildman–Crippen LogP) is 4.80. The Morgan fingerprint density at radius 1 is 1.03 bits per heavy atom. The van der Waals surface area contributed by atoms with Gasteiger partial charge in [-0.05, 0) is 49.8 Å². The number of rotatable bonds is 6. The minimum absolute atomic E-state index is 0. The number of carboxylic acids is 1. The smallest absolute Gasteiger partial charge is 0.407 e. The van der Waals surface area contributed by atoms with E-state index in [1.165, 1.54) is 0 Å². The van der Waals surface area contributed by atoms with Crippen molar-refractivity contribution in [2.45, 2.75) is 18.4 Å². The van der Waals surface area contributed by atoms with Crippen LogP contribution in [0.4, 0.5) is 4.79 Å². The number of hydrogen-bond acceptors (Lipinski definition) is 4. The minimum atomic E-state index is -1.13. The molecule has 1 atom stereocenters. The second kappa shape index (κ2) is 9.94. The number of ether oxygens (including phenoxy) is 1. The number of hydrogen-bond donors (Lipinski definition) is 2. The summed E-state index contributed by atoms with van der Waals surface area (Å²) in [5.74, 6) is -1.21. The summed E-state index contributed by atoms with van der Waals surface area (Å²) in [5.41, 5.74) is 5.16. The number of aromatic nitrogens is 1. The first kappa shape index (κ1) is 22.8. The highest BCUT2D eigenvalue weighted by atomic mass is 79.9. The summed E-state index contributed by atoms with van der Waals surface area (Å²) < 4.78 is 6.10. The molecule has 4 rings (SSSR count). The van der Waals surface area contributed by atoms with Crippen molar-refractivity contribution < 1.29 is 19.4 Å². The number of carbonyl (C=O) groups is 2. The molecule has 0 bridgehead atoms. The molecule has 1 unspecified atom stereocenters. The van der Waals surface area contributed by atoms with Crippen LogP contribution >= 0.6 is 28.3 Å². The molecule has 0 spiro atoms. The number of halogens is 2. The number of aliphatic carboxylic acids is 1. The zero-order valence-electron chi connectivity index (χ0n) is 16.3. The second-order valence-electron chi connectivity index (χ2n) is 7.05. The predicted molar refractivity (Wildman–Crippen MR) is 123 cm³/mol. The number of fused-ring (bicyclic) bond motifs is 3. The molecule has 31 heavy (non-hydrogen) atoms. The fourth-order valence-corrected chi connectivity index (χ4v) is 3.98. The fraction of sp³-hybridized carbons (Fsp3) is 0.174. The van der Waals surface area contributed by atoms with Gasteiger partial charge in [0.25, 0.3) is 0 Å². The van der Waals surface area contributed by atoms with Crippen LogP contribution in [-0.4, -0.2) is 34.8 Å². The highest BCUT2D eigenvalue weighted by Crippen LogP contribution is 2.44. The lowest BCUT2D eigenvalue weighted by atomic mass is 9.98. The topological polar surface area (TPSA) is 88.5 Å². The Labute approximate surface area is 194 Å². The fourth-order valence-electron chi connectivity index (χ4n) is 3.75. The van der Waals surface area contributed by atoms with Gasteiger partial charge in [0.15, 0.2) is 0 Å². The molecular formula is C23H20BrClN2O4. The molecule has 1 heterocycles. The Hall–Kier alpha value is -2.90. The van der Waals surface area contributed by atoms with Crippen LogP contribution in [0, 0.1) is 0 Å². The lowest BCUT2D eigenvalue weighted by molar-refractivity contribution is -0.139. The van der Waals surface area contributed by atoms with Crippen molar-refractivity contribution in [3.8, 4) is 11.1 Å². The third-order valence-electron chi connectivity index (χ3n) is 5.16. The van der Waals surface area contributed by atoms with Crippen LogP contribution in [0.25, 0.3) is 11.1 Å². The maximum Gasteiger partial charge on any atom is 0.407 e. The zero-order chi connectivity index (χ0) is 21.1. The molecule has 0 fully saturated rings. The van der Waals surface area contributed by atoms with E-state index in [0.29, 0.717) is 10.2 Å². The highest BCUT2D eigenvalue weighted by molar-refractivity contribution is 9.10. The van der Waals surface area contributed by atoms with Gasteiger partial charge in [-0.25, -0.2) is 14.6 Å². The number of nitrogens with zero attached hydrogens (tertiary/aromatic N) is 1. The minimum Gasteiger partial charge on any atom is -0.480 e. The van der Waals surface area contributed by atoms with E-state index in [9.17, 15) is 14.7 Å². The van der Waals surface area contributed by atoms with Crippen LogP contribution in [0.3, 0.4) is 0 Å². The summed E-state index contributed by atoms with van der Waals surface area (Å²) in [5, 5.41) is 11.9. The lowest BCUT2D eigenvalue weighted by Crippen LogP contribution is -2.42. The van der Waals surface area contributed by atoms with Gasteiger partial charge in [-0.2, -0.15) is 0 Å². The summed E-state index contributed by atoms with van der Waals surface area (Å²) in [7, 11) is 0. The first-order chi connectivity index (χ1) is 14.5. The molecule has 2 aromatic carbocycles. The van der Waals surface area contributed by atoms with Crippen molar-refractivity contribution in [1.82, 2.24) is 10.3 Å². The van der Waals surface area contributed by atoms with Crippen molar-refractivity contribution in [3.63, 3.8) is 0 Å². The summed E-state index contributed by atoms with van der Waals surface area (Å²) in [6.07, 6.45) is 0.925. The number of pyridine rings is 1. The number of carbonyl (C=O) groups excluding carboxylic acids is 1. The largest absolute Gasteiger partial charge is 0.480 e. The Morgan fingerprint density at radius 3 is 2.19 bits per heavy atom. The van der Waals surface area contributed by atoms with Gasteiger partial charge >= 0.3 is 12.1 Å². The summed E-state index contributed by atoms with van der Waals surface area (Å²) in [6, 6.07) is 18.4. The number of nitrogens with one attached hydrogen (secondary N) is 1. The molecule has 8 heteroatoms. The monoisotopic (exact) mass is 502 g/mol. The molecular weight excluding hydrogens is 484 g/mol. The first-order valence-electron chi connectivity index (χ1n) is 9.47. The molecule has 0 saturated carbocycles. The number of alkyl carbamates (subject to hydrolysis) is 1. The Bertz CT molecular complexity index is 1050. The highest BCUT2D eigenvalue weighted by Gasteiger charge is 2.29. The molecule has 2 N–H and O–H groups in total. The van der Waals surface area contributed by atoms with Gasteiger partial charge in [0.1, 0.15) is 17.3 Å². The van der Waals surface area contributed by atoms with E-state index >= 15 is 0 Å². The molecule has 6 nitrogen and oxygen atoms in total. The average molecular weight is 504 g/mol.